The fraction of sp³-hybridized carbons (Fsp3) is 0.635. The molecule has 390 valence electrons. The van der Waals surface area contributed by atoms with Crippen LogP contribution >= 0.6 is 0 Å². The molecule has 69 heavy (non-hydrogen) atoms. The van der Waals surface area contributed by atoms with Gasteiger partial charge in [0.15, 0.2) is 6.10 Å². The maximum absolute atomic E-state index is 12.8. The van der Waals surface area contributed by atoms with Crippen LogP contribution in [0.1, 0.15) is 239 Å². The SMILES string of the molecule is CC/C=C\C/C=C\C/C=C\C/C=C\C/C=C\C/C=C\C/C=C\CCCCCCCCCC(=O)OCC(COC(=O)CCCCCCCCC)OC(=O)CCCCCCC/C=C\C/C=C\C/C=C\CC. The molecule has 0 spiro atoms. The molecule has 0 heterocycles. The average molecular weight is 956 g/mol. The van der Waals surface area contributed by atoms with Crippen molar-refractivity contribution < 1.29 is 28.6 Å². The van der Waals surface area contributed by atoms with E-state index < -0.39 is 6.10 Å². The van der Waals surface area contributed by atoms with Crippen molar-refractivity contribution in [2.75, 3.05) is 13.2 Å². The Morgan fingerprint density at radius 3 is 0.884 bits per heavy atom. The number of ether oxygens (including phenoxy) is 3. The van der Waals surface area contributed by atoms with E-state index >= 15 is 0 Å². The number of carbonyl (C=O) groups excluding carboxylic acids is 3. The molecule has 0 aromatic heterocycles. The number of allylic oxidation sites excluding steroid dienone is 20. The van der Waals surface area contributed by atoms with Crippen molar-refractivity contribution >= 4 is 17.9 Å². The van der Waals surface area contributed by atoms with Crippen molar-refractivity contribution in [1.29, 1.82) is 0 Å². The second kappa shape index (κ2) is 56.4. The minimum absolute atomic E-state index is 0.0904. The monoisotopic (exact) mass is 955 g/mol. The van der Waals surface area contributed by atoms with Gasteiger partial charge in [-0.3, -0.25) is 14.4 Å². The van der Waals surface area contributed by atoms with E-state index in [-0.39, 0.29) is 31.1 Å². The third kappa shape index (κ3) is 54.6. The van der Waals surface area contributed by atoms with Crippen LogP contribution in [0.15, 0.2) is 122 Å². The first kappa shape index (κ1) is 64.8. The van der Waals surface area contributed by atoms with Gasteiger partial charge in [-0.25, -0.2) is 0 Å². The summed E-state index contributed by atoms with van der Waals surface area (Å²) in [6.07, 6.45) is 77.8. The highest BCUT2D eigenvalue weighted by Gasteiger charge is 2.19. The summed E-state index contributed by atoms with van der Waals surface area (Å²) in [5, 5.41) is 0. The van der Waals surface area contributed by atoms with Crippen LogP contribution < -0.4 is 0 Å². The predicted molar refractivity (Wildman–Crippen MR) is 297 cm³/mol. The maximum atomic E-state index is 12.8. The van der Waals surface area contributed by atoms with E-state index in [1.807, 2.05) is 0 Å². The fourth-order valence-corrected chi connectivity index (χ4v) is 7.32. The first-order valence-corrected chi connectivity index (χ1v) is 28.0. The molecular formula is C63H102O6. The molecule has 0 aromatic carbocycles. The second-order valence-corrected chi connectivity index (χ2v) is 18.1. The molecule has 0 fully saturated rings. The summed E-state index contributed by atoms with van der Waals surface area (Å²) < 4.78 is 16.7. The first-order valence-electron chi connectivity index (χ1n) is 28.0. The minimum atomic E-state index is -0.791. The van der Waals surface area contributed by atoms with Gasteiger partial charge in [0.2, 0.25) is 0 Å². The standard InChI is InChI=1S/C63H102O6/c1-4-7-10-13-16-18-20-22-24-25-26-27-28-29-30-31-32-33-34-35-36-37-39-40-42-44-47-50-53-56-62(65)68-59-60(58-67-61(64)55-52-49-46-15-12-9-6-3)69-63(66)57-54-51-48-45-43-41-38-23-21-19-17-14-11-8-5-2/h7-8,10-11,16-19,22-24,26-27,29-30,32-33,35-36,38,60H,4-6,9,12-15,20-21,25,28,31,34,37,39-59H2,1-3H3/b10-7-,11-8-,18-16-,19-17-,24-22-,27-26-,30-29-,33-32-,36-35-,38-23-. The lowest BCUT2D eigenvalue weighted by molar-refractivity contribution is -0.167. The Labute approximate surface area is 424 Å². The molecule has 0 aliphatic carbocycles. The van der Waals surface area contributed by atoms with E-state index in [4.69, 9.17) is 14.2 Å². The number of hydrogen-bond acceptors (Lipinski definition) is 6. The molecule has 0 N–H and O–H groups in total. The minimum Gasteiger partial charge on any atom is -0.462 e. The van der Waals surface area contributed by atoms with Crippen molar-refractivity contribution in [1.82, 2.24) is 0 Å². The quantitative estimate of drug-likeness (QED) is 0.0262. The molecule has 0 amide bonds. The molecule has 0 aromatic rings. The number of carbonyl (C=O) groups is 3. The van der Waals surface area contributed by atoms with Gasteiger partial charge in [0.1, 0.15) is 13.2 Å². The molecule has 0 radical (unpaired) electrons. The van der Waals surface area contributed by atoms with Gasteiger partial charge < -0.3 is 14.2 Å². The molecule has 0 bridgehead atoms. The van der Waals surface area contributed by atoms with Crippen LogP contribution in [0.4, 0.5) is 0 Å². The van der Waals surface area contributed by atoms with Crippen molar-refractivity contribution in [3.05, 3.63) is 122 Å². The molecule has 6 nitrogen and oxygen atoms in total. The molecule has 0 rings (SSSR count). The Balaban J connectivity index is 4.22. The second-order valence-electron chi connectivity index (χ2n) is 18.1. The zero-order valence-corrected chi connectivity index (χ0v) is 44.5. The fourth-order valence-electron chi connectivity index (χ4n) is 7.32. The lowest BCUT2D eigenvalue weighted by Gasteiger charge is -2.18. The molecular weight excluding hydrogens is 853 g/mol. The highest BCUT2D eigenvalue weighted by Crippen LogP contribution is 2.14. The van der Waals surface area contributed by atoms with Gasteiger partial charge in [-0.1, -0.05) is 232 Å². The van der Waals surface area contributed by atoms with Crippen molar-refractivity contribution in [2.24, 2.45) is 0 Å². The Hall–Kier alpha value is -4.19. The van der Waals surface area contributed by atoms with E-state index in [0.717, 1.165) is 148 Å². The van der Waals surface area contributed by atoms with Gasteiger partial charge in [0, 0.05) is 19.3 Å². The summed E-state index contributed by atoms with van der Waals surface area (Å²) >= 11 is 0. The summed E-state index contributed by atoms with van der Waals surface area (Å²) in [5.74, 6) is -0.930. The Morgan fingerprint density at radius 1 is 0.304 bits per heavy atom. The van der Waals surface area contributed by atoms with Crippen LogP contribution in [0.5, 0.6) is 0 Å². The van der Waals surface area contributed by atoms with Gasteiger partial charge >= 0.3 is 17.9 Å². The Kier molecular flexibility index (Phi) is 53.0. The number of esters is 3. The molecule has 0 saturated heterocycles. The predicted octanol–water partition coefficient (Wildman–Crippen LogP) is 18.9. The molecule has 1 atom stereocenters. The van der Waals surface area contributed by atoms with Crippen molar-refractivity contribution in [3.63, 3.8) is 0 Å². The summed E-state index contributed by atoms with van der Waals surface area (Å²) in [6.45, 7) is 6.33. The highest BCUT2D eigenvalue weighted by atomic mass is 16.6. The van der Waals surface area contributed by atoms with E-state index in [9.17, 15) is 14.4 Å². The maximum Gasteiger partial charge on any atom is 0.306 e. The van der Waals surface area contributed by atoms with Gasteiger partial charge in [0.05, 0.1) is 0 Å². The lowest BCUT2D eigenvalue weighted by atomic mass is 10.1. The topological polar surface area (TPSA) is 78.9 Å². The molecule has 6 heteroatoms. The molecule has 1 unspecified atom stereocenters. The van der Waals surface area contributed by atoms with Gasteiger partial charge in [0.25, 0.3) is 0 Å². The summed E-state index contributed by atoms with van der Waals surface area (Å²) in [5.41, 5.74) is 0. The number of unbranched alkanes of at least 4 members (excludes halogenated alkanes) is 18. The normalized spacial score (nSPS) is 13.0. The third-order valence-electron chi connectivity index (χ3n) is 11.5. The lowest BCUT2D eigenvalue weighted by Crippen LogP contribution is -2.30. The molecule has 0 aliphatic rings. The summed E-state index contributed by atoms with van der Waals surface area (Å²) in [7, 11) is 0. The zero-order chi connectivity index (χ0) is 50.0. The molecule has 0 saturated carbocycles. The largest absolute Gasteiger partial charge is 0.462 e. The van der Waals surface area contributed by atoms with Crippen LogP contribution in [0.2, 0.25) is 0 Å². The Bertz CT molecular complexity index is 1470. The van der Waals surface area contributed by atoms with Crippen molar-refractivity contribution in [2.45, 2.75) is 245 Å². The van der Waals surface area contributed by atoms with Crippen LogP contribution in [-0.2, 0) is 28.6 Å². The van der Waals surface area contributed by atoms with Crippen LogP contribution in [0, 0.1) is 0 Å². The zero-order valence-electron chi connectivity index (χ0n) is 44.5. The van der Waals surface area contributed by atoms with Gasteiger partial charge in [-0.2, -0.15) is 0 Å². The third-order valence-corrected chi connectivity index (χ3v) is 11.5. The highest BCUT2D eigenvalue weighted by molar-refractivity contribution is 5.71. The van der Waals surface area contributed by atoms with Crippen LogP contribution in [0.3, 0.4) is 0 Å². The molecule has 0 aliphatic heterocycles. The smallest absolute Gasteiger partial charge is 0.306 e. The first-order chi connectivity index (χ1) is 34.0. The van der Waals surface area contributed by atoms with Gasteiger partial charge in [-0.05, 0) is 109 Å². The van der Waals surface area contributed by atoms with E-state index in [1.54, 1.807) is 0 Å². The summed E-state index contributed by atoms with van der Waals surface area (Å²) in [4.78, 5) is 37.9. The van der Waals surface area contributed by atoms with Gasteiger partial charge in [-0.15, -0.1) is 0 Å². The number of rotatable bonds is 49. The van der Waals surface area contributed by atoms with Crippen LogP contribution in [0.25, 0.3) is 0 Å². The number of hydrogen-bond donors (Lipinski definition) is 0. The van der Waals surface area contributed by atoms with E-state index in [2.05, 4.69) is 142 Å². The van der Waals surface area contributed by atoms with E-state index in [0.29, 0.717) is 19.3 Å². The van der Waals surface area contributed by atoms with Crippen molar-refractivity contribution in [3.8, 4) is 0 Å². The summed E-state index contributed by atoms with van der Waals surface area (Å²) in [6, 6.07) is 0. The van der Waals surface area contributed by atoms with E-state index in [1.165, 1.54) is 51.4 Å². The average Bonchev–Trinajstić information content (AvgIpc) is 3.35. The Morgan fingerprint density at radius 2 is 0.565 bits per heavy atom. The van der Waals surface area contributed by atoms with Crippen LogP contribution in [-0.4, -0.2) is 37.2 Å².